The summed E-state index contributed by atoms with van der Waals surface area (Å²) in [5.74, 6) is 0. The molecule has 45 heavy (non-hydrogen) atoms. The van der Waals surface area contributed by atoms with Gasteiger partial charge in [0.15, 0.2) is 0 Å². The van der Waals surface area contributed by atoms with Crippen LogP contribution in [0.2, 0.25) is 0 Å². The minimum absolute atomic E-state index is 0. The van der Waals surface area contributed by atoms with E-state index in [0.29, 0.717) is 35.6 Å². The highest BCUT2D eigenvalue weighted by molar-refractivity contribution is 7.72. The van der Waals surface area contributed by atoms with Crippen molar-refractivity contribution >= 4 is 38.4 Å². The van der Waals surface area contributed by atoms with Gasteiger partial charge in [-0.15, -0.1) is 26.4 Å². The average Bonchev–Trinajstić information content (AvgIpc) is 3.46. The minimum Gasteiger partial charge on any atom is -0.387 e. The molecule has 0 aromatic rings. The molecule has 12 nitrogen and oxygen atoms in total. The van der Waals surface area contributed by atoms with Crippen LogP contribution in [0.3, 0.4) is 0 Å². The van der Waals surface area contributed by atoms with Gasteiger partial charge in [-0.3, -0.25) is 0 Å². The summed E-state index contributed by atoms with van der Waals surface area (Å²) in [5.41, 5.74) is 0.591. The van der Waals surface area contributed by atoms with Crippen molar-refractivity contribution < 1.29 is 39.1 Å². The molecule has 0 aromatic carbocycles. The van der Waals surface area contributed by atoms with Crippen LogP contribution < -0.4 is 21.3 Å². The molecule has 14 heteroatoms. The van der Waals surface area contributed by atoms with Crippen molar-refractivity contribution in [1.29, 1.82) is 0 Å². The van der Waals surface area contributed by atoms with Gasteiger partial charge < -0.3 is 50.8 Å². The first kappa shape index (κ1) is 37.3. The quantitative estimate of drug-likeness (QED) is 0.192. The predicted octanol–water partition coefficient (Wildman–Crippen LogP) is 2.00. The van der Waals surface area contributed by atoms with Crippen molar-refractivity contribution in [2.75, 3.05) is 45.6 Å². The molecular formula is C31H52N4O8P2. The van der Waals surface area contributed by atoms with E-state index in [1.807, 2.05) is 0 Å². The third-order valence-electron chi connectivity index (χ3n) is 8.60. The first-order valence-electron chi connectivity index (χ1n) is 14.6. The lowest BCUT2D eigenvalue weighted by atomic mass is 9.92. The third kappa shape index (κ3) is 8.24. The number of hydrogen-bond acceptors (Lipinski definition) is 8. The van der Waals surface area contributed by atoms with Gasteiger partial charge in [0.25, 0.3) is 0 Å². The molecule has 0 aromatic heterocycles. The Balaban J connectivity index is 0.000000240. The number of ether oxygens (including phenoxy) is 3. The minimum atomic E-state index is -1.25. The van der Waals surface area contributed by atoms with Crippen molar-refractivity contribution in [2.45, 2.75) is 75.0 Å². The topological polar surface area (TPSA) is 171 Å². The lowest BCUT2D eigenvalue weighted by molar-refractivity contribution is -0.132. The van der Waals surface area contributed by atoms with Gasteiger partial charge in [0.1, 0.15) is 42.2 Å². The van der Waals surface area contributed by atoms with Gasteiger partial charge in [-0.05, 0) is 58.7 Å². The van der Waals surface area contributed by atoms with Crippen LogP contribution in [0, 0.1) is 0 Å². The summed E-state index contributed by atoms with van der Waals surface area (Å²) >= 11 is 0. The number of nitrogens with one attached hydrogen (secondary N) is 4. The summed E-state index contributed by atoms with van der Waals surface area (Å²) in [6.07, 6.45) is 10.2. The first-order chi connectivity index (χ1) is 20.3. The van der Waals surface area contributed by atoms with E-state index in [1.54, 1.807) is 13.1 Å². The van der Waals surface area contributed by atoms with Crippen molar-refractivity contribution in [2.24, 2.45) is 0 Å². The molecular weight excluding hydrogens is 618 g/mol. The second-order valence-electron chi connectivity index (χ2n) is 13.8. The Bertz CT molecular complexity index is 1320. The Morgan fingerprint density at radius 2 is 1.33 bits per heavy atom. The van der Waals surface area contributed by atoms with E-state index >= 15 is 0 Å². The lowest BCUT2D eigenvalue weighted by Gasteiger charge is -2.34. The second-order valence-corrected chi connectivity index (χ2v) is 22.4. The van der Waals surface area contributed by atoms with Gasteiger partial charge >= 0.3 is 12.1 Å². The van der Waals surface area contributed by atoms with Gasteiger partial charge in [0.2, 0.25) is 0 Å². The molecule has 254 valence electrons. The fourth-order valence-electron chi connectivity index (χ4n) is 5.80. The molecule has 5 rings (SSSR count). The molecule has 0 aliphatic carbocycles. The SMILES string of the molecule is C.C=C1NC(=O)NC=C1[C@@H]1O[C@@]2(CCP(=C)(C)C)CO[C@@H]1[C@@H]2O.C=C1NC(=O)NC=C1[C@@H]1O[C@](C)(CCP(=C)(C)C)[C@@H](O)[C@H]1O. The smallest absolute Gasteiger partial charge is 0.323 e. The molecule has 8 atom stereocenters. The second kappa shape index (κ2) is 13.5. The van der Waals surface area contributed by atoms with E-state index in [-0.39, 0.29) is 19.5 Å². The third-order valence-corrected chi connectivity index (χ3v) is 11.5. The molecule has 0 spiro atoms. The molecule has 5 heterocycles. The molecule has 7 N–H and O–H groups in total. The molecule has 2 bridgehead atoms. The lowest BCUT2D eigenvalue weighted by Crippen LogP contribution is -2.44. The highest BCUT2D eigenvalue weighted by Gasteiger charge is 2.61. The summed E-state index contributed by atoms with van der Waals surface area (Å²) in [7, 11) is 0. The number of fused-ring (bicyclic) bond motifs is 2. The van der Waals surface area contributed by atoms with Crippen LogP contribution in [0.25, 0.3) is 0 Å². The largest absolute Gasteiger partial charge is 0.387 e. The van der Waals surface area contributed by atoms with Crippen molar-refractivity contribution in [3.8, 4) is 0 Å². The van der Waals surface area contributed by atoms with E-state index in [4.69, 9.17) is 14.2 Å². The highest BCUT2D eigenvalue weighted by Crippen LogP contribution is 2.48. The summed E-state index contributed by atoms with van der Waals surface area (Å²) in [5, 5.41) is 41.6. The number of carbonyl (C=O) groups excluding carboxylic acids is 2. The van der Waals surface area contributed by atoms with Crippen LogP contribution in [0.4, 0.5) is 9.59 Å². The fourth-order valence-corrected chi connectivity index (χ4v) is 7.83. The molecule has 5 aliphatic heterocycles. The van der Waals surface area contributed by atoms with Crippen LogP contribution in [0.5, 0.6) is 0 Å². The molecule has 3 saturated heterocycles. The van der Waals surface area contributed by atoms with E-state index in [0.717, 1.165) is 18.7 Å². The number of urea groups is 2. The summed E-state index contributed by atoms with van der Waals surface area (Å²) in [6, 6.07) is -0.704. The number of aliphatic hydroxyl groups excluding tert-OH is 3. The zero-order valence-corrected chi connectivity index (χ0v) is 28.0. The maximum absolute atomic E-state index is 11.3. The standard InChI is InChI=1S/C15H23N2O4P.C15H25N2O4P.CH4/c1-9-10(7-16-14(19)17-9)11-12-13(18)15(21-11,8-20-12)5-6-22(2,3)4;1-9-10(8-16-14(20)17-9)12-11(18)13(19)15(2,21-12)6-7-22(3,4)5;/h7,11-13,18H,1-2,5-6,8H2,3-4H3,(H2,16,17,19);8,11-13,18-19H,1,3,6-7H2,2,4-5H3,(H2,16,17,20);1H4/t11-,12-,13-,15-;11-,12-,13-,15+;/m00./s1. The van der Waals surface area contributed by atoms with Gasteiger partial charge in [0.05, 0.1) is 12.2 Å². The molecule has 3 fully saturated rings. The predicted molar refractivity (Wildman–Crippen MR) is 184 cm³/mol. The van der Waals surface area contributed by atoms with Gasteiger partial charge in [-0.25, -0.2) is 9.59 Å². The maximum atomic E-state index is 11.3. The van der Waals surface area contributed by atoms with Gasteiger partial charge in [0, 0.05) is 34.9 Å². The monoisotopic (exact) mass is 670 g/mol. The highest BCUT2D eigenvalue weighted by atomic mass is 31.2. The molecule has 4 amide bonds. The summed E-state index contributed by atoms with van der Waals surface area (Å²) in [6.45, 7) is 15.9. The van der Waals surface area contributed by atoms with E-state index in [2.05, 4.69) is 73.7 Å². The Hall–Kier alpha value is -2.14. The van der Waals surface area contributed by atoms with Crippen LogP contribution >= 0.6 is 13.8 Å². The zero-order chi connectivity index (χ0) is 32.8. The van der Waals surface area contributed by atoms with Gasteiger partial charge in [-0.1, -0.05) is 20.6 Å². The Morgan fingerprint density at radius 3 is 1.82 bits per heavy atom. The van der Waals surface area contributed by atoms with E-state index < -0.39 is 61.6 Å². The van der Waals surface area contributed by atoms with Crippen molar-refractivity contribution in [3.63, 3.8) is 0 Å². The van der Waals surface area contributed by atoms with E-state index in [9.17, 15) is 24.9 Å². The molecule has 0 unspecified atom stereocenters. The average molecular weight is 671 g/mol. The maximum Gasteiger partial charge on any atom is 0.323 e. The van der Waals surface area contributed by atoms with Crippen LogP contribution in [-0.2, 0) is 14.2 Å². The van der Waals surface area contributed by atoms with Crippen LogP contribution in [0.1, 0.15) is 27.2 Å². The number of carbonyl (C=O) groups is 2. The fraction of sp³-hybridized carbons (Fsp3) is 0.613. The number of hydrogen-bond donors (Lipinski definition) is 7. The van der Waals surface area contributed by atoms with Crippen molar-refractivity contribution in [1.82, 2.24) is 21.3 Å². The normalized spacial score (nSPS) is 36.0. The number of aliphatic hydroxyl groups is 3. The van der Waals surface area contributed by atoms with E-state index in [1.165, 1.54) is 6.20 Å². The zero-order valence-electron chi connectivity index (χ0n) is 26.3. The Labute approximate surface area is 267 Å². The van der Waals surface area contributed by atoms with Crippen molar-refractivity contribution in [3.05, 3.63) is 48.1 Å². The van der Waals surface area contributed by atoms with Gasteiger partial charge in [-0.2, -0.15) is 0 Å². The Kier molecular flexibility index (Phi) is 11.2. The molecule has 0 saturated carbocycles. The molecule has 5 aliphatic rings. The van der Waals surface area contributed by atoms with Crippen LogP contribution in [0.15, 0.2) is 48.1 Å². The Morgan fingerprint density at radius 1 is 0.844 bits per heavy atom. The summed E-state index contributed by atoms with van der Waals surface area (Å²) in [4.78, 5) is 22.5. The molecule has 0 radical (unpaired) electrons. The summed E-state index contributed by atoms with van der Waals surface area (Å²) < 4.78 is 17.9. The number of rotatable bonds is 8. The van der Waals surface area contributed by atoms with Crippen LogP contribution in [-0.4, -0.2) is 133 Å². The number of amides is 4. The first-order valence-corrected chi connectivity index (χ1v) is 20.7.